The molecule has 3 nitrogen and oxygen atoms in total. The maximum absolute atomic E-state index is 11.6. The lowest BCUT2D eigenvalue weighted by molar-refractivity contribution is -0.140. The molecule has 0 aromatic carbocycles. The molecule has 0 amide bonds. The number of methoxy groups -OCH3 is 1. The predicted octanol–water partition coefficient (Wildman–Crippen LogP) is 3.48. The van der Waals surface area contributed by atoms with Gasteiger partial charge in [-0.25, -0.2) is 4.79 Å². The minimum atomic E-state index is -0.149. The van der Waals surface area contributed by atoms with Gasteiger partial charge in [-0.1, -0.05) is 45.6 Å². The lowest BCUT2D eigenvalue weighted by atomic mass is 9.93. The fourth-order valence-electron chi connectivity index (χ4n) is 2.55. The van der Waals surface area contributed by atoms with E-state index >= 15 is 0 Å². The monoisotopic (exact) mass is 254 g/mol. The summed E-state index contributed by atoms with van der Waals surface area (Å²) >= 11 is 0. The minimum absolute atomic E-state index is 0.0791. The zero-order chi connectivity index (χ0) is 13.4. The van der Waals surface area contributed by atoms with Gasteiger partial charge in [0.15, 0.2) is 0 Å². The van der Waals surface area contributed by atoms with Crippen LogP contribution in [0.4, 0.5) is 0 Å². The van der Waals surface area contributed by atoms with E-state index in [2.05, 4.69) is 19.9 Å². The van der Waals surface area contributed by atoms with Crippen LogP contribution in [0.1, 0.15) is 52.4 Å². The van der Waals surface area contributed by atoms with Gasteiger partial charge in [0, 0.05) is 19.1 Å². The molecule has 0 saturated carbocycles. The third-order valence-electron chi connectivity index (χ3n) is 3.43. The van der Waals surface area contributed by atoms with Crippen molar-refractivity contribution < 1.29 is 14.3 Å². The molecule has 0 aromatic heterocycles. The highest BCUT2D eigenvalue weighted by atomic mass is 16.6. The molecule has 0 aliphatic carbocycles. The number of esters is 1. The summed E-state index contributed by atoms with van der Waals surface area (Å²) < 4.78 is 10.3. The van der Waals surface area contributed by atoms with Crippen LogP contribution >= 0.6 is 0 Å². The van der Waals surface area contributed by atoms with Crippen molar-refractivity contribution in [2.24, 2.45) is 5.92 Å². The van der Waals surface area contributed by atoms with Gasteiger partial charge in [-0.05, 0) is 12.3 Å². The Hall–Kier alpha value is -0.830. The normalized spacial score (nSPS) is 21.9. The molecule has 1 saturated heterocycles. The van der Waals surface area contributed by atoms with Gasteiger partial charge in [0.25, 0.3) is 0 Å². The molecule has 1 fully saturated rings. The molecule has 0 radical (unpaired) electrons. The van der Waals surface area contributed by atoms with Gasteiger partial charge in [0.1, 0.15) is 6.10 Å². The van der Waals surface area contributed by atoms with Gasteiger partial charge in [0.2, 0.25) is 0 Å². The Morgan fingerprint density at radius 3 is 2.61 bits per heavy atom. The van der Waals surface area contributed by atoms with Crippen molar-refractivity contribution in [1.29, 1.82) is 0 Å². The number of ether oxygens (including phenoxy) is 2. The number of cyclic esters (lactones) is 1. The van der Waals surface area contributed by atoms with E-state index in [-0.39, 0.29) is 12.1 Å². The third-order valence-corrected chi connectivity index (χ3v) is 3.43. The molecule has 0 N–H and O–H groups in total. The number of allylic oxidation sites excluding steroid dienone is 1. The lowest BCUT2D eigenvalue weighted by Crippen LogP contribution is -2.13. The first kappa shape index (κ1) is 15.2. The van der Waals surface area contributed by atoms with E-state index in [1.807, 2.05) is 0 Å². The first-order valence-electron chi connectivity index (χ1n) is 7.10. The molecule has 1 heterocycles. The number of hydrogen-bond acceptors (Lipinski definition) is 3. The maximum atomic E-state index is 11.6. The number of hydrogen-bond donors (Lipinski definition) is 0. The quantitative estimate of drug-likeness (QED) is 0.491. The van der Waals surface area contributed by atoms with Crippen LogP contribution in [0.2, 0.25) is 0 Å². The van der Waals surface area contributed by atoms with Crippen LogP contribution in [0.3, 0.4) is 0 Å². The van der Waals surface area contributed by atoms with Crippen LogP contribution in [0.25, 0.3) is 0 Å². The second-order valence-corrected chi connectivity index (χ2v) is 5.10. The van der Waals surface area contributed by atoms with E-state index < -0.39 is 0 Å². The Labute approximate surface area is 111 Å². The molecular formula is C15H26O3. The number of carbonyl (C=O) groups excluding carboxylic acids is 1. The largest absolute Gasteiger partial charge is 0.456 e. The molecular weight excluding hydrogens is 228 g/mol. The molecule has 0 bridgehead atoms. The molecule has 3 heteroatoms. The first-order chi connectivity index (χ1) is 8.71. The summed E-state index contributed by atoms with van der Waals surface area (Å²) in [6.45, 7) is 4.93. The van der Waals surface area contributed by atoms with Crippen LogP contribution in [-0.4, -0.2) is 25.8 Å². The molecule has 1 aliphatic rings. The fraction of sp³-hybridized carbons (Fsp3) is 0.800. The van der Waals surface area contributed by atoms with E-state index in [4.69, 9.17) is 9.47 Å². The van der Waals surface area contributed by atoms with E-state index in [0.717, 1.165) is 12.0 Å². The fourth-order valence-corrected chi connectivity index (χ4v) is 2.55. The summed E-state index contributed by atoms with van der Waals surface area (Å²) in [6, 6.07) is 0. The summed E-state index contributed by atoms with van der Waals surface area (Å²) in [4.78, 5) is 11.6. The van der Waals surface area contributed by atoms with Crippen molar-refractivity contribution in [2.45, 2.75) is 58.5 Å². The summed E-state index contributed by atoms with van der Waals surface area (Å²) in [5.74, 6) is 0.561. The Balaban J connectivity index is 2.47. The van der Waals surface area contributed by atoms with Crippen LogP contribution in [-0.2, 0) is 14.3 Å². The van der Waals surface area contributed by atoms with E-state index in [1.165, 1.54) is 25.7 Å². The molecule has 1 aliphatic heterocycles. The van der Waals surface area contributed by atoms with E-state index in [0.29, 0.717) is 18.9 Å². The lowest BCUT2D eigenvalue weighted by Gasteiger charge is -2.12. The zero-order valence-electron chi connectivity index (χ0n) is 11.9. The van der Waals surface area contributed by atoms with Gasteiger partial charge in [-0.15, -0.1) is 0 Å². The molecule has 104 valence electrons. The zero-order valence-corrected chi connectivity index (χ0v) is 11.9. The Morgan fingerprint density at radius 1 is 1.39 bits per heavy atom. The average Bonchev–Trinajstić information content (AvgIpc) is 2.68. The number of rotatable bonds is 8. The predicted molar refractivity (Wildman–Crippen MR) is 72.4 cm³/mol. The molecule has 1 rings (SSSR count). The van der Waals surface area contributed by atoms with Crippen LogP contribution in [0, 0.1) is 5.92 Å². The summed E-state index contributed by atoms with van der Waals surface area (Å²) in [7, 11) is 1.63. The Morgan fingerprint density at radius 2 is 2.06 bits per heavy atom. The van der Waals surface area contributed by atoms with Gasteiger partial charge in [0.05, 0.1) is 6.61 Å². The topological polar surface area (TPSA) is 35.5 Å². The maximum Gasteiger partial charge on any atom is 0.334 e. The van der Waals surface area contributed by atoms with Crippen molar-refractivity contribution in [2.75, 3.05) is 13.7 Å². The molecule has 18 heavy (non-hydrogen) atoms. The standard InChI is InChI=1S/C15H26O3/c1-4-6-12(7-5-2)8-9-13-10-14(11-17-3)18-15(13)16/h9,12,14H,4-8,10-11H2,1-3H3/b13-9+. The third kappa shape index (κ3) is 4.81. The van der Waals surface area contributed by atoms with Crippen molar-refractivity contribution in [3.8, 4) is 0 Å². The number of carbonyl (C=O) groups is 1. The molecule has 1 atom stereocenters. The second-order valence-electron chi connectivity index (χ2n) is 5.10. The SMILES string of the molecule is CCCC(C/C=C1\CC(COC)OC1=O)CCC. The van der Waals surface area contributed by atoms with Crippen molar-refractivity contribution in [1.82, 2.24) is 0 Å². The summed E-state index contributed by atoms with van der Waals surface area (Å²) in [5.41, 5.74) is 0.842. The van der Waals surface area contributed by atoms with E-state index in [9.17, 15) is 4.79 Å². The Bertz CT molecular complexity index is 277. The second kappa shape index (κ2) is 8.30. The first-order valence-corrected chi connectivity index (χ1v) is 7.10. The molecule has 1 unspecified atom stereocenters. The summed E-state index contributed by atoms with van der Waals surface area (Å²) in [5, 5.41) is 0. The van der Waals surface area contributed by atoms with Crippen LogP contribution in [0.5, 0.6) is 0 Å². The van der Waals surface area contributed by atoms with Gasteiger partial charge in [-0.2, -0.15) is 0 Å². The van der Waals surface area contributed by atoms with Crippen molar-refractivity contribution >= 4 is 5.97 Å². The van der Waals surface area contributed by atoms with Crippen LogP contribution in [0.15, 0.2) is 11.6 Å². The summed E-state index contributed by atoms with van der Waals surface area (Å²) in [6.07, 6.45) is 8.64. The Kier molecular flexibility index (Phi) is 7.02. The van der Waals surface area contributed by atoms with Crippen molar-refractivity contribution in [3.63, 3.8) is 0 Å². The van der Waals surface area contributed by atoms with Crippen molar-refractivity contribution in [3.05, 3.63) is 11.6 Å². The van der Waals surface area contributed by atoms with E-state index in [1.54, 1.807) is 7.11 Å². The van der Waals surface area contributed by atoms with Gasteiger partial charge in [-0.3, -0.25) is 0 Å². The highest BCUT2D eigenvalue weighted by Crippen LogP contribution is 2.24. The highest BCUT2D eigenvalue weighted by molar-refractivity contribution is 5.90. The van der Waals surface area contributed by atoms with Crippen LogP contribution < -0.4 is 0 Å². The minimum Gasteiger partial charge on any atom is -0.456 e. The average molecular weight is 254 g/mol. The molecule has 0 spiro atoms. The smallest absolute Gasteiger partial charge is 0.334 e. The van der Waals surface area contributed by atoms with Gasteiger partial charge < -0.3 is 9.47 Å². The van der Waals surface area contributed by atoms with Gasteiger partial charge >= 0.3 is 5.97 Å². The molecule has 0 aromatic rings. The highest BCUT2D eigenvalue weighted by Gasteiger charge is 2.28.